The standard InChI is InChI=1S/C22H27NO7S/c1-27-16-22(24)23(15-20-7-4-12-29-20)14-17-5-3-6-19(13-17)30-31(25,26)21-10-8-18(28-2)9-11-21/h3,5-6,8-11,13,20H,4,7,12,14-16H2,1-2H3/t20-/m1/s1. The first-order valence-corrected chi connectivity index (χ1v) is 11.4. The quantitative estimate of drug-likeness (QED) is 0.515. The molecule has 1 fully saturated rings. The third-order valence-electron chi connectivity index (χ3n) is 4.89. The fourth-order valence-corrected chi connectivity index (χ4v) is 4.26. The zero-order valence-electron chi connectivity index (χ0n) is 17.7. The highest BCUT2D eigenvalue weighted by Gasteiger charge is 2.23. The van der Waals surface area contributed by atoms with Crippen molar-refractivity contribution >= 4 is 16.0 Å². The molecule has 31 heavy (non-hydrogen) atoms. The number of carbonyl (C=O) groups excluding carboxylic acids is 1. The van der Waals surface area contributed by atoms with Gasteiger partial charge in [-0.05, 0) is 54.8 Å². The van der Waals surface area contributed by atoms with Crippen molar-refractivity contribution in [3.8, 4) is 11.5 Å². The minimum Gasteiger partial charge on any atom is -0.497 e. The van der Waals surface area contributed by atoms with Crippen LogP contribution in [0, 0.1) is 0 Å². The molecule has 8 nitrogen and oxygen atoms in total. The van der Waals surface area contributed by atoms with Crippen molar-refractivity contribution in [3.63, 3.8) is 0 Å². The van der Waals surface area contributed by atoms with Crippen molar-refractivity contribution in [2.24, 2.45) is 0 Å². The van der Waals surface area contributed by atoms with Gasteiger partial charge in [-0.1, -0.05) is 12.1 Å². The van der Waals surface area contributed by atoms with Gasteiger partial charge in [0.15, 0.2) is 0 Å². The van der Waals surface area contributed by atoms with E-state index in [1.165, 1.54) is 26.4 Å². The molecule has 0 unspecified atom stereocenters. The fraction of sp³-hybridized carbons (Fsp3) is 0.409. The van der Waals surface area contributed by atoms with Gasteiger partial charge in [0.2, 0.25) is 5.91 Å². The molecule has 2 aromatic rings. The van der Waals surface area contributed by atoms with E-state index < -0.39 is 10.1 Å². The number of hydrogen-bond acceptors (Lipinski definition) is 7. The number of carbonyl (C=O) groups is 1. The van der Waals surface area contributed by atoms with Gasteiger partial charge >= 0.3 is 10.1 Å². The lowest BCUT2D eigenvalue weighted by atomic mass is 10.1. The van der Waals surface area contributed by atoms with Crippen LogP contribution >= 0.6 is 0 Å². The lowest BCUT2D eigenvalue weighted by molar-refractivity contribution is -0.137. The van der Waals surface area contributed by atoms with E-state index in [4.69, 9.17) is 18.4 Å². The maximum absolute atomic E-state index is 12.6. The normalized spacial score (nSPS) is 16.1. The minimum atomic E-state index is -4.00. The number of ether oxygens (including phenoxy) is 3. The van der Waals surface area contributed by atoms with Gasteiger partial charge in [0.1, 0.15) is 23.0 Å². The largest absolute Gasteiger partial charge is 0.497 e. The second-order valence-corrected chi connectivity index (χ2v) is 8.75. The summed E-state index contributed by atoms with van der Waals surface area (Å²) < 4.78 is 46.2. The zero-order valence-corrected chi connectivity index (χ0v) is 18.5. The third-order valence-corrected chi connectivity index (χ3v) is 6.16. The fourth-order valence-electron chi connectivity index (χ4n) is 3.34. The highest BCUT2D eigenvalue weighted by atomic mass is 32.2. The van der Waals surface area contributed by atoms with Crippen molar-refractivity contribution in [1.82, 2.24) is 4.90 Å². The summed E-state index contributed by atoms with van der Waals surface area (Å²) in [4.78, 5) is 14.2. The highest BCUT2D eigenvalue weighted by Crippen LogP contribution is 2.23. The van der Waals surface area contributed by atoms with Crippen molar-refractivity contribution in [2.75, 3.05) is 34.0 Å². The Morgan fingerprint density at radius 2 is 1.90 bits per heavy atom. The molecule has 0 spiro atoms. The molecular weight excluding hydrogens is 422 g/mol. The Kier molecular flexibility index (Phi) is 7.89. The van der Waals surface area contributed by atoms with E-state index in [1.807, 2.05) is 6.07 Å². The molecule has 1 saturated heterocycles. The zero-order chi connectivity index (χ0) is 22.3. The number of hydrogen-bond donors (Lipinski definition) is 0. The van der Waals surface area contributed by atoms with Crippen LogP contribution < -0.4 is 8.92 Å². The minimum absolute atomic E-state index is 0.00399. The van der Waals surface area contributed by atoms with Crippen LogP contribution in [0.15, 0.2) is 53.4 Å². The van der Waals surface area contributed by atoms with Gasteiger partial charge < -0.3 is 23.3 Å². The summed E-state index contributed by atoms with van der Waals surface area (Å²) >= 11 is 0. The van der Waals surface area contributed by atoms with E-state index in [-0.39, 0.29) is 29.3 Å². The Bertz CT molecular complexity index is 970. The van der Waals surface area contributed by atoms with Crippen LogP contribution in [-0.2, 0) is 30.9 Å². The van der Waals surface area contributed by atoms with Crippen LogP contribution in [0.2, 0.25) is 0 Å². The van der Waals surface area contributed by atoms with Crippen LogP contribution in [0.1, 0.15) is 18.4 Å². The van der Waals surface area contributed by atoms with Crippen molar-refractivity contribution in [2.45, 2.75) is 30.4 Å². The maximum atomic E-state index is 12.6. The lowest BCUT2D eigenvalue weighted by Crippen LogP contribution is -2.38. The molecule has 3 rings (SSSR count). The molecule has 0 aliphatic carbocycles. The van der Waals surface area contributed by atoms with E-state index >= 15 is 0 Å². The molecule has 1 aliphatic heterocycles. The average molecular weight is 450 g/mol. The lowest BCUT2D eigenvalue weighted by Gasteiger charge is -2.25. The number of nitrogens with zero attached hydrogens (tertiary/aromatic N) is 1. The van der Waals surface area contributed by atoms with Crippen molar-refractivity contribution in [3.05, 3.63) is 54.1 Å². The van der Waals surface area contributed by atoms with Gasteiger partial charge in [-0.2, -0.15) is 8.42 Å². The van der Waals surface area contributed by atoms with E-state index in [2.05, 4.69) is 0 Å². The molecule has 1 atom stereocenters. The van der Waals surface area contributed by atoms with Gasteiger partial charge in [-0.15, -0.1) is 0 Å². The Balaban J connectivity index is 1.73. The first kappa shape index (κ1) is 23.1. The summed E-state index contributed by atoms with van der Waals surface area (Å²) in [5, 5.41) is 0. The van der Waals surface area contributed by atoms with Gasteiger partial charge in [0, 0.05) is 26.8 Å². The predicted octanol–water partition coefficient (Wildman–Crippen LogP) is 2.62. The topological polar surface area (TPSA) is 91.4 Å². The number of amides is 1. The SMILES string of the molecule is COCC(=O)N(Cc1cccc(OS(=O)(=O)c2ccc(OC)cc2)c1)C[C@H]1CCCO1. The summed E-state index contributed by atoms with van der Waals surface area (Å²) in [7, 11) is -1.03. The summed E-state index contributed by atoms with van der Waals surface area (Å²) in [6.45, 7) is 1.41. The maximum Gasteiger partial charge on any atom is 0.339 e. The molecule has 1 aliphatic rings. The Hall–Kier alpha value is -2.62. The monoisotopic (exact) mass is 449 g/mol. The van der Waals surface area contributed by atoms with E-state index in [1.54, 1.807) is 35.2 Å². The Labute approximate surface area is 182 Å². The summed E-state index contributed by atoms with van der Waals surface area (Å²) in [5.41, 5.74) is 0.741. The third kappa shape index (κ3) is 6.43. The number of methoxy groups -OCH3 is 2. The van der Waals surface area contributed by atoms with E-state index in [0.29, 0.717) is 25.4 Å². The highest BCUT2D eigenvalue weighted by molar-refractivity contribution is 7.87. The van der Waals surface area contributed by atoms with Gasteiger partial charge in [-0.25, -0.2) is 0 Å². The molecule has 0 saturated carbocycles. The average Bonchev–Trinajstić information content (AvgIpc) is 3.27. The van der Waals surface area contributed by atoms with Crippen LogP contribution in [0.4, 0.5) is 0 Å². The summed E-state index contributed by atoms with van der Waals surface area (Å²) in [6.07, 6.45) is 1.87. The molecular formula is C22H27NO7S. The van der Waals surface area contributed by atoms with Crippen LogP contribution in [-0.4, -0.2) is 59.3 Å². The molecule has 1 amide bonds. The van der Waals surface area contributed by atoms with Crippen LogP contribution in [0.3, 0.4) is 0 Å². The van der Waals surface area contributed by atoms with Gasteiger partial charge in [-0.3, -0.25) is 4.79 Å². The van der Waals surface area contributed by atoms with Crippen LogP contribution in [0.5, 0.6) is 11.5 Å². The predicted molar refractivity (Wildman–Crippen MR) is 114 cm³/mol. The van der Waals surface area contributed by atoms with E-state index in [9.17, 15) is 13.2 Å². The molecule has 0 radical (unpaired) electrons. The summed E-state index contributed by atoms with van der Waals surface area (Å²) in [5.74, 6) is 0.563. The molecule has 2 aromatic carbocycles. The molecule has 168 valence electrons. The Morgan fingerprint density at radius 1 is 1.13 bits per heavy atom. The molecule has 0 bridgehead atoms. The smallest absolute Gasteiger partial charge is 0.339 e. The molecule has 9 heteroatoms. The molecule has 0 N–H and O–H groups in total. The number of rotatable bonds is 10. The molecule has 0 aromatic heterocycles. The Morgan fingerprint density at radius 3 is 2.55 bits per heavy atom. The first-order chi connectivity index (χ1) is 14.9. The molecule has 1 heterocycles. The second-order valence-electron chi connectivity index (χ2n) is 7.20. The second kappa shape index (κ2) is 10.6. The van der Waals surface area contributed by atoms with Gasteiger partial charge in [0.25, 0.3) is 0 Å². The first-order valence-electron chi connectivity index (χ1n) is 9.97. The van der Waals surface area contributed by atoms with Gasteiger partial charge in [0.05, 0.1) is 13.2 Å². The summed E-state index contributed by atoms with van der Waals surface area (Å²) in [6, 6.07) is 12.6. The van der Waals surface area contributed by atoms with E-state index in [0.717, 1.165) is 18.4 Å². The van der Waals surface area contributed by atoms with Crippen molar-refractivity contribution < 1.29 is 31.6 Å². The number of benzene rings is 2. The van der Waals surface area contributed by atoms with Crippen LogP contribution in [0.25, 0.3) is 0 Å². The van der Waals surface area contributed by atoms with Crippen molar-refractivity contribution in [1.29, 1.82) is 0 Å².